The van der Waals surface area contributed by atoms with Crippen LogP contribution in [0.4, 0.5) is 16.2 Å². The Labute approximate surface area is 156 Å². The van der Waals surface area contributed by atoms with Gasteiger partial charge < -0.3 is 10.6 Å². The van der Waals surface area contributed by atoms with Crippen LogP contribution >= 0.6 is 11.6 Å². The van der Waals surface area contributed by atoms with Crippen LogP contribution in [0, 0.1) is 5.92 Å². The zero-order valence-corrected chi connectivity index (χ0v) is 15.1. The zero-order valence-electron chi connectivity index (χ0n) is 14.4. The smallest absolute Gasteiger partial charge is 0.308 e. The van der Waals surface area contributed by atoms with Crippen molar-refractivity contribution < 1.29 is 14.4 Å². The topological polar surface area (TPSA) is 78.5 Å². The maximum absolute atomic E-state index is 12.5. The first-order valence-electron chi connectivity index (χ1n) is 8.19. The molecule has 0 aromatic heterocycles. The maximum Gasteiger partial charge on any atom is 0.323 e. The van der Waals surface area contributed by atoms with Crippen molar-refractivity contribution in [3.05, 3.63) is 58.6 Å². The van der Waals surface area contributed by atoms with Gasteiger partial charge in [0.2, 0.25) is 0 Å². The van der Waals surface area contributed by atoms with Gasteiger partial charge in [0.15, 0.2) is 0 Å². The first-order valence-corrected chi connectivity index (χ1v) is 8.57. The highest BCUT2D eigenvalue weighted by Crippen LogP contribution is 2.26. The summed E-state index contributed by atoms with van der Waals surface area (Å²) in [6.45, 7) is 4.25. The number of carbonyl (C=O) groups is 3. The average molecular weight is 372 g/mol. The SMILES string of the molecule is CC(C)CN1C(=O)c2ccc(NC(=O)Nc3cccc(Cl)c3)cc2C1=O. The van der Waals surface area contributed by atoms with Crippen molar-refractivity contribution in [1.29, 1.82) is 0 Å². The van der Waals surface area contributed by atoms with Crippen LogP contribution in [-0.4, -0.2) is 29.3 Å². The number of benzene rings is 2. The van der Waals surface area contributed by atoms with Crippen LogP contribution in [0.15, 0.2) is 42.5 Å². The molecule has 0 saturated heterocycles. The fourth-order valence-corrected chi connectivity index (χ4v) is 2.95. The van der Waals surface area contributed by atoms with Crippen molar-refractivity contribution in [1.82, 2.24) is 4.90 Å². The Morgan fingerprint density at radius 3 is 2.31 bits per heavy atom. The number of hydrogen-bond acceptors (Lipinski definition) is 3. The van der Waals surface area contributed by atoms with Crippen LogP contribution in [0.1, 0.15) is 34.6 Å². The highest BCUT2D eigenvalue weighted by molar-refractivity contribution is 6.31. The van der Waals surface area contributed by atoms with E-state index in [4.69, 9.17) is 11.6 Å². The summed E-state index contributed by atoms with van der Waals surface area (Å²) in [5.74, 6) is -0.454. The average Bonchev–Trinajstić information content (AvgIpc) is 2.79. The second-order valence-electron chi connectivity index (χ2n) is 6.46. The van der Waals surface area contributed by atoms with Crippen molar-refractivity contribution in [2.45, 2.75) is 13.8 Å². The Hall–Kier alpha value is -2.86. The first kappa shape index (κ1) is 17.9. The molecule has 26 heavy (non-hydrogen) atoms. The Bertz CT molecular complexity index is 895. The van der Waals surface area contributed by atoms with E-state index in [0.29, 0.717) is 34.1 Å². The summed E-state index contributed by atoms with van der Waals surface area (Å²) in [6, 6.07) is 11.0. The molecule has 2 aromatic rings. The normalized spacial score (nSPS) is 13.2. The number of hydrogen-bond donors (Lipinski definition) is 2. The summed E-state index contributed by atoms with van der Waals surface area (Å²) in [5, 5.41) is 5.82. The molecule has 0 unspecified atom stereocenters. The molecule has 0 radical (unpaired) electrons. The fourth-order valence-electron chi connectivity index (χ4n) is 2.76. The van der Waals surface area contributed by atoms with Crippen molar-refractivity contribution >= 4 is 40.8 Å². The third kappa shape index (κ3) is 3.70. The van der Waals surface area contributed by atoms with Gasteiger partial charge >= 0.3 is 6.03 Å². The second kappa shape index (κ2) is 7.17. The minimum absolute atomic E-state index is 0.179. The number of nitrogens with one attached hydrogen (secondary N) is 2. The summed E-state index contributed by atoms with van der Waals surface area (Å²) < 4.78 is 0. The number of carbonyl (C=O) groups excluding carboxylic acids is 3. The molecular formula is C19H18ClN3O3. The van der Waals surface area contributed by atoms with E-state index in [2.05, 4.69) is 10.6 Å². The van der Waals surface area contributed by atoms with E-state index in [9.17, 15) is 14.4 Å². The second-order valence-corrected chi connectivity index (χ2v) is 6.90. The van der Waals surface area contributed by atoms with Gasteiger partial charge in [0.25, 0.3) is 11.8 Å². The van der Waals surface area contributed by atoms with Crippen LogP contribution < -0.4 is 10.6 Å². The molecule has 0 atom stereocenters. The number of anilines is 2. The van der Waals surface area contributed by atoms with Gasteiger partial charge in [0, 0.05) is 22.9 Å². The number of nitrogens with zero attached hydrogens (tertiary/aromatic N) is 1. The molecule has 1 heterocycles. The summed E-state index contributed by atoms with van der Waals surface area (Å²) in [6.07, 6.45) is 0. The summed E-state index contributed by atoms with van der Waals surface area (Å²) >= 11 is 5.89. The Kier molecular flexibility index (Phi) is 4.95. The molecule has 1 aliphatic rings. The number of rotatable bonds is 4. The molecule has 7 heteroatoms. The molecule has 134 valence electrons. The monoisotopic (exact) mass is 371 g/mol. The number of fused-ring (bicyclic) bond motifs is 1. The number of amides is 4. The summed E-state index contributed by atoms with van der Waals surface area (Å²) in [4.78, 5) is 38.2. The van der Waals surface area contributed by atoms with Gasteiger partial charge in [-0.05, 0) is 42.3 Å². The van der Waals surface area contributed by atoms with E-state index in [1.54, 1.807) is 36.4 Å². The van der Waals surface area contributed by atoms with Crippen LogP contribution in [-0.2, 0) is 0 Å². The highest BCUT2D eigenvalue weighted by Gasteiger charge is 2.35. The molecule has 6 nitrogen and oxygen atoms in total. The Morgan fingerprint density at radius 1 is 1.00 bits per heavy atom. The zero-order chi connectivity index (χ0) is 18.8. The standard InChI is InChI=1S/C19H18ClN3O3/c1-11(2)10-23-17(24)15-7-6-14(9-16(15)18(23)25)22-19(26)21-13-5-3-4-12(20)8-13/h3-9,11H,10H2,1-2H3,(H2,21,22,26). The minimum atomic E-state index is -0.469. The molecule has 0 fully saturated rings. The highest BCUT2D eigenvalue weighted by atomic mass is 35.5. The third-order valence-electron chi connectivity index (χ3n) is 3.86. The van der Waals surface area contributed by atoms with Crippen molar-refractivity contribution in [2.24, 2.45) is 5.92 Å². The minimum Gasteiger partial charge on any atom is -0.308 e. The van der Waals surface area contributed by atoms with Crippen LogP contribution in [0.5, 0.6) is 0 Å². The number of imide groups is 1. The number of halogens is 1. The van der Waals surface area contributed by atoms with Crippen molar-refractivity contribution in [3.8, 4) is 0 Å². The Morgan fingerprint density at radius 2 is 1.65 bits per heavy atom. The molecule has 0 aliphatic carbocycles. The van der Waals surface area contributed by atoms with Gasteiger partial charge in [-0.25, -0.2) is 4.79 Å². The quantitative estimate of drug-likeness (QED) is 0.789. The lowest BCUT2D eigenvalue weighted by atomic mass is 10.1. The fraction of sp³-hybridized carbons (Fsp3) is 0.211. The third-order valence-corrected chi connectivity index (χ3v) is 4.09. The van der Waals surface area contributed by atoms with Crippen molar-refractivity contribution in [2.75, 3.05) is 17.2 Å². The number of urea groups is 1. The first-order chi connectivity index (χ1) is 12.3. The molecule has 0 saturated carbocycles. The predicted molar refractivity (Wildman–Crippen MR) is 101 cm³/mol. The van der Waals surface area contributed by atoms with Gasteiger partial charge in [0.05, 0.1) is 11.1 Å². The van der Waals surface area contributed by atoms with E-state index < -0.39 is 6.03 Å². The molecule has 0 spiro atoms. The van der Waals surface area contributed by atoms with Gasteiger partial charge in [0.1, 0.15) is 0 Å². The predicted octanol–water partition coefficient (Wildman–Crippen LogP) is 4.24. The van der Waals surface area contributed by atoms with Gasteiger partial charge in [-0.2, -0.15) is 0 Å². The van der Waals surface area contributed by atoms with E-state index in [1.165, 1.54) is 11.0 Å². The van der Waals surface area contributed by atoms with Crippen LogP contribution in [0.2, 0.25) is 5.02 Å². The largest absolute Gasteiger partial charge is 0.323 e. The molecule has 4 amide bonds. The van der Waals surface area contributed by atoms with E-state index in [0.717, 1.165) is 0 Å². The lowest BCUT2D eigenvalue weighted by molar-refractivity contribution is 0.0636. The molecule has 1 aliphatic heterocycles. The van der Waals surface area contributed by atoms with Crippen LogP contribution in [0.25, 0.3) is 0 Å². The molecule has 2 aromatic carbocycles. The lowest BCUT2D eigenvalue weighted by Gasteiger charge is -2.15. The Balaban J connectivity index is 1.74. The van der Waals surface area contributed by atoms with E-state index in [-0.39, 0.29) is 17.7 Å². The van der Waals surface area contributed by atoms with Gasteiger partial charge in [-0.15, -0.1) is 0 Å². The van der Waals surface area contributed by atoms with E-state index in [1.807, 2.05) is 13.8 Å². The van der Waals surface area contributed by atoms with Crippen LogP contribution in [0.3, 0.4) is 0 Å². The van der Waals surface area contributed by atoms with Gasteiger partial charge in [-0.1, -0.05) is 31.5 Å². The van der Waals surface area contributed by atoms with Gasteiger partial charge in [-0.3, -0.25) is 14.5 Å². The molecular weight excluding hydrogens is 354 g/mol. The van der Waals surface area contributed by atoms with E-state index >= 15 is 0 Å². The molecule has 2 N–H and O–H groups in total. The summed E-state index contributed by atoms with van der Waals surface area (Å²) in [7, 11) is 0. The lowest BCUT2D eigenvalue weighted by Crippen LogP contribution is -2.33. The summed E-state index contributed by atoms with van der Waals surface area (Å²) in [5.41, 5.74) is 1.63. The molecule has 3 rings (SSSR count). The van der Waals surface area contributed by atoms with Crippen molar-refractivity contribution in [3.63, 3.8) is 0 Å². The molecule has 0 bridgehead atoms. The maximum atomic E-state index is 12.5.